The first-order valence-corrected chi connectivity index (χ1v) is 11.2. The van der Waals surface area contributed by atoms with Crippen molar-refractivity contribution in [3.63, 3.8) is 0 Å². The van der Waals surface area contributed by atoms with E-state index in [1.807, 2.05) is 24.3 Å². The van der Waals surface area contributed by atoms with Crippen molar-refractivity contribution in [1.29, 1.82) is 0 Å². The maximum absolute atomic E-state index is 11.7. The molecule has 11 heteroatoms. The Labute approximate surface area is 198 Å². The molecule has 3 aromatic rings. The van der Waals surface area contributed by atoms with E-state index >= 15 is 0 Å². The smallest absolute Gasteiger partial charge is 0.276 e. The molecule has 0 amide bonds. The van der Waals surface area contributed by atoms with Crippen LogP contribution in [0.15, 0.2) is 57.0 Å². The van der Waals surface area contributed by atoms with Crippen LogP contribution in [0.4, 0.5) is 0 Å². The van der Waals surface area contributed by atoms with Gasteiger partial charge in [-0.3, -0.25) is 9.98 Å². The summed E-state index contributed by atoms with van der Waals surface area (Å²) in [7, 11) is -1.54. The maximum atomic E-state index is 11.7. The minimum Gasteiger partial charge on any atom is -0.356 e. The first-order valence-electron chi connectivity index (χ1n) is 9.35. The third-order valence-electron chi connectivity index (χ3n) is 4.32. The molecule has 2 heterocycles. The molecule has 0 bridgehead atoms. The van der Waals surface area contributed by atoms with Gasteiger partial charge in [-0.2, -0.15) is 4.98 Å². The van der Waals surface area contributed by atoms with Crippen molar-refractivity contribution in [3.8, 4) is 11.6 Å². The fraction of sp³-hybridized carbons (Fsp3) is 0.300. The van der Waals surface area contributed by atoms with Crippen LogP contribution in [0.25, 0.3) is 11.6 Å². The summed E-state index contributed by atoms with van der Waals surface area (Å²) in [5.74, 6) is 1.58. The molecule has 0 saturated heterocycles. The van der Waals surface area contributed by atoms with Gasteiger partial charge in [0, 0.05) is 39.0 Å². The quantitative estimate of drug-likeness (QED) is 0.259. The summed E-state index contributed by atoms with van der Waals surface area (Å²) in [5.41, 5.74) is 2.32. The maximum Gasteiger partial charge on any atom is 0.276 e. The van der Waals surface area contributed by atoms with Crippen molar-refractivity contribution < 1.29 is 12.9 Å². The number of nitrogens with one attached hydrogen (secondary N) is 2. The molecule has 0 atom stereocenters. The molecule has 0 radical (unpaired) electrons. The van der Waals surface area contributed by atoms with E-state index in [1.165, 1.54) is 6.26 Å². The number of benzene rings is 1. The van der Waals surface area contributed by atoms with Crippen LogP contribution < -0.4 is 10.6 Å². The number of aromatic nitrogens is 3. The van der Waals surface area contributed by atoms with Gasteiger partial charge in [0.15, 0.2) is 21.6 Å². The zero-order valence-electron chi connectivity index (χ0n) is 17.5. The molecule has 2 N–H and O–H groups in total. The van der Waals surface area contributed by atoms with E-state index in [4.69, 9.17) is 4.52 Å². The van der Waals surface area contributed by atoms with Crippen LogP contribution in [-0.2, 0) is 22.8 Å². The first-order chi connectivity index (χ1) is 14.4. The molecule has 166 valence electrons. The average Bonchev–Trinajstić information content (AvgIpc) is 3.19. The summed E-state index contributed by atoms with van der Waals surface area (Å²) < 4.78 is 28.7. The van der Waals surface area contributed by atoms with Gasteiger partial charge in [-0.1, -0.05) is 23.4 Å². The monoisotopic (exact) mass is 556 g/mol. The number of guanidine groups is 1. The number of pyridine rings is 1. The summed E-state index contributed by atoms with van der Waals surface area (Å²) in [6.45, 7) is 2.86. The van der Waals surface area contributed by atoms with Crippen LogP contribution in [0.1, 0.15) is 17.0 Å². The Morgan fingerprint density at radius 3 is 2.65 bits per heavy atom. The molecule has 9 nitrogen and oxygen atoms in total. The number of rotatable bonds is 7. The molecule has 1 aromatic carbocycles. The fourth-order valence-corrected chi connectivity index (χ4v) is 3.84. The Morgan fingerprint density at radius 1 is 1.19 bits per heavy atom. The molecule has 0 aliphatic carbocycles. The second kappa shape index (κ2) is 11.2. The molecular formula is C20H25IN6O3S. The second-order valence-corrected chi connectivity index (χ2v) is 8.69. The highest BCUT2D eigenvalue weighted by Crippen LogP contribution is 2.16. The minimum absolute atomic E-state index is 0. The number of halogens is 1. The van der Waals surface area contributed by atoms with Gasteiger partial charge in [0.1, 0.15) is 5.69 Å². The molecule has 0 saturated carbocycles. The van der Waals surface area contributed by atoms with E-state index in [-0.39, 0.29) is 24.0 Å². The van der Waals surface area contributed by atoms with Crippen molar-refractivity contribution in [2.24, 2.45) is 4.99 Å². The normalized spacial score (nSPS) is 11.6. The van der Waals surface area contributed by atoms with Crippen LogP contribution in [0, 0.1) is 6.92 Å². The summed E-state index contributed by atoms with van der Waals surface area (Å²) in [6.07, 6.45) is 3.44. The lowest BCUT2D eigenvalue weighted by atomic mass is 10.1. The van der Waals surface area contributed by atoms with E-state index in [2.05, 4.69) is 30.8 Å². The van der Waals surface area contributed by atoms with E-state index in [1.54, 1.807) is 32.3 Å². The molecule has 0 spiro atoms. The highest BCUT2D eigenvalue weighted by atomic mass is 127. The van der Waals surface area contributed by atoms with Crippen molar-refractivity contribution >= 4 is 39.8 Å². The molecule has 0 fully saturated rings. The van der Waals surface area contributed by atoms with Gasteiger partial charge >= 0.3 is 0 Å². The topological polar surface area (TPSA) is 122 Å². The van der Waals surface area contributed by atoms with Crippen LogP contribution in [0.5, 0.6) is 0 Å². The standard InChI is InChI=1S/C20H24N6O3S.HI/c1-14-12-15(7-8-17(14)30(3,27)28)13-24-20(21-2)23-11-9-18-25-19(29-26-18)16-6-4-5-10-22-16;/h4-8,10,12H,9,11,13H2,1-3H3,(H2,21,23,24);1H. The summed E-state index contributed by atoms with van der Waals surface area (Å²) >= 11 is 0. The van der Waals surface area contributed by atoms with E-state index in [0.717, 1.165) is 11.1 Å². The molecular weight excluding hydrogens is 531 g/mol. The van der Waals surface area contributed by atoms with Crippen LogP contribution in [-0.4, -0.2) is 49.4 Å². The average molecular weight is 556 g/mol. The van der Waals surface area contributed by atoms with Gasteiger partial charge < -0.3 is 15.2 Å². The molecule has 0 aliphatic heterocycles. The predicted molar refractivity (Wildman–Crippen MR) is 129 cm³/mol. The third kappa shape index (κ3) is 6.99. The zero-order valence-corrected chi connectivity index (χ0v) is 20.6. The molecule has 3 rings (SSSR count). The van der Waals surface area contributed by atoms with Crippen molar-refractivity contribution in [2.75, 3.05) is 19.8 Å². The molecule has 0 unspecified atom stereocenters. The molecule has 2 aromatic heterocycles. The van der Waals surface area contributed by atoms with Gasteiger partial charge in [0.25, 0.3) is 5.89 Å². The predicted octanol–water partition coefficient (Wildman–Crippen LogP) is 2.37. The third-order valence-corrected chi connectivity index (χ3v) is 5.57. The number of hydrogen-bond acceptors (Lipinski definition) is 7. The minimum atomic E-state index is -3.22. The van der Waals surface area contributed by atoms with Crippen LogP contribution >= 0.6 is 24.0 Å². The Hall–Kier alpha value is -2.54. The number of hydrogen-bond donors (Lipinski definition) is 2. The van der Waals surface area contributed by atoms with Crippen molar-refractivity contribution in [2.45, 2.75) is 24.8 Å². The molecule has 31 heavy (non-hydrogen) atoms. The SMILES string of the molecule is CN=C(NCCc1noc(-c2ccccn2)n1)NCc1ccc(S(C)(=O)=O)c(C)c1.I. The van der Waals surface area contributed by atoms with Gasteiger partial charge in [0.05, 0.1) is 4.90 Å². The van der Waals surface area contributed by atoms with Gasteiger partial charge in [-0.05, 0) is 36.2 Å². The van der Waals surface area contributed by atoms with Gasteiger partial charge in [0.2, 0.25) is 0 Å². The number of sulfone groups is 1. The fourth-order valence-electron chi connectivity index (χ4n) is 2.89. The first kappa shape index (κ1) is 24.7. The number of aryl methyl sites for hydroxylation is 1. The lowest BCUT2D eigenvalue weighted by molar-refractivity contribution is 0.421. The lowest BCUT2D eigenvalue weighted by Gasteiger charge is -2.12. The van der Waals surface area contributed by atoms with Crippen LogP contribution in [0.2, 0.25) is 0 Å². The Balaban J connectivity index is 0.00000341. The van der Waals surface area contributed by atoms with E-state index in [0.29, 0.717) is 47.8 Å². The van der Waals surface area contributed by atoms with Gasteiger partial charge in [-0.25, -0.2) is 8.42 Å². The molecule has 0 aliphatic rings. The van der Waals surface area contributed by atoms with Crippen molar-refractivity contribution in [1.82, 2.24) is 25.8 Å². The van der Waals surface area contributed by atoms with Gasteiger partial charge in [-0.15, -0.1) is 24.0 Å². The van der Waals surface area contributed by atoms with E-state index in [9.17, 15) is 8.42 Å². The van der Waals surface area contributed by atoms with Crippen LogP contribution in [0.3, 0.4) is 0 Å². The summed E-state index contributed by atoms with van der Waals surface area (Å²) in [4.78, 5) is 13.1. The summed E-state index contributed by atoms with van der Waals surface area (Å²) in [6, 6.07) is 10.8. The number of nitrogens with zero attached hydrogens (tertiary/aromatic N) is 4. The second-order valence-electron chi connectivity index (χ2n) is 6.71. The Morgan fingerprint density at radius 2 is 2.00 bits per heavy atom. The highest BCUT2D eigenvalue weighted by Gasteiger charge is 2.12. The number of aliphatic imine (C=N–C) groups is 1. The highest BCUT2D eigenvalue weighted by molar-refractivity contribution is 14.0. The van der Waals surface area contributed by atoms with E-state index < -0.39 is 9.84 Å². The Kier molecular flexibility index (Phi) is 8.92. The van der Waals surface area contributed by atoms with Crippen molar-refractivity contribution in [3.05, 3.63) is 59.5 Å². The lowest BCUT2D eigenvalue weighted by Crippen LogP contribution is -2.38. The largest absolute Gasteiger partial charge is 0.356 e. The Bertz CT molecular complexity index is 1130. The zero-order chi connectivity index (χ0) is 21.6. The summed E-state index contributed by atoms with van der Waals surface area (Å²) in [5, 5.41) is 10.4.